The summed E-state index contributed by atoms with van der Waals surface area (Å²) in [6.07, 6.45) is 5.60. The summed E-state index contributed by atoms with van der Waals surface area (Å²) in [5.41, 5.74) is 0.495. The summed E-state index contributed by atoms with van der Waals surface area (Å²) >= 11 is 0. The van der Waals surface area contributed by atoms with E-state index in [0.29, 0.717) is 5.56 Å². The van der Waals surface area contributed by atoms with Crippen LogP contribution in [-0.4, -0.2) is 26.4 Å². The van der Waals surface area contributed by atoms with Crippen LogP contribution in [0.2, 0.25) is 0 Å². The number of carbonyl (C=O) groups excluding carboxylic acids is 1. The molecule has 1 aromatic rings. The predicted molar refractivity (Wildman–Crippen MR) is 86.2 cm³/mol. The lowest BCUT2D eigenvalue weighted by Crippen LogP contribution is -2.36. The third-order valence-electron chi connectivity index (χ3n) is 3.76. The Labute approximate surface area is 132 Å². The van der Waals surface area contributed by atoms with E-state index < -0.39 is 10.0 Å². The smallest absolute Gasteiger partial charge is 0.251 e. The summed E-state index contributed by atoms with van der Waals surface area (Å²) in [7, 11) is -3.51. The average molecular weight is 324 g/mol. The molecular formula is C16H24N2O3S. The zero-order chi connectivity index (χ0) is 16.2. The van der Waals surface area contributed by atoms with Crippen molar-refractivity contribution in [3.63, 3.8) is 0 Å². The molecule has 0 radical (unpaired) electrons. The molecule has 1 aromatic carbocycles. The lowest BCUT2D eigenvalue weighted by molar-refractivity contribution is 0.0927. The van der Waals surface area contributed by atoms with Gasteiger partial charge in [0.15, 0.2) is 0 Å². The fraction of sp³-hybridized carbons (Fsp3) is 0.562. The molecule has 5 nitrogen and oxygen atoms in total. The number of amides is 1. The molecule has 0 atom stereocenters. The molecule has 0 bridgehead atoms. The highest BCUT2D eigenvalue weighted by Gasteiger charge is 2.18. The van der Waals surface area contributed by atoms with Crippen LogP contribution in [0.5, 0.6) is 0 Å². The molecule has 0 aliphatic heterocycles. The number of hydrogen-bond donors (Lipinski definition) is 2. The quantitative estimate of drug-likeness (QED) is 0.873. The Kier molecular flexibility index (Phi) is 5.58. The summed E-state index contributed by atoms with van der Waals surface area (Å²) < 4.78 is 26.6. The van der Waals surface area contributed by atoms with E-state index in [2.05, 4.69) is 10.0 Å². The van der Waals surface area contributed by atoms with Crippen molar-refractivity contribution in [3.8, 4) is 0 Å². The first-order valence-electron chi connectivity index (χ1n) is 7.82. The molecule has 0 aromatic heterocycles. The number of nitrogens with one attached hydrogen (secondary N) is 2. The SMILES string of the molecule is CC(C)NS(=O)(=O)c1ccc(C(=O)NC2CCCCC2)cc1. The summed E-state index contributed by atoms with van der Waals surface area (Å²) in [5, 5.41) is 3.02. The fourth-order valence-corrected chi connectivity index (χ4v) is 3.93. The zero-order valence-electron chi connectivity index (χ0n) is 13.1. The van der Waals surface area contributed by atoms with Gasteiger partial charge >= 0.3 is 0 Å². The van der Waals surface area contributed by atoms with Crippen molar-refractivity contribution >= 4 is 15.9 Å². The van der Waals surface area contributed by atoms with Crippen LogP contribution in [0.1, 0.15) is 56.3 Å². The van der Waals surface area contributed by atoms with Crippen LogP contribution in [0.4, 0.5) is 0 Å². The van der Waals surface area contributed by atoms with Gasteiger partial charge in [-0.15, -0.1) is 0 Å². The van der Waals surface area contributed by atoms with Gasteiger partial charge in [-0.25, -0.2) is 13.1 Å². The highest BCUT2D eigenvalue weighted by atomic mass is 32.2. The van der Waals surface area contributed by atoms with E-state index in [1.165, 1.54) is 18.6 Å². The van der Waals surface area contributed by atoms with E-state index in [1.54, 1.807) is 26.0 Å². The third kappa shape index (κ3) is 4.55. The maximum Gasteiger partial charge on any atom is 0.251 e. The molecule has 0 saturated heterocycles. The third-order valence-corrected chi connectivity index (χ3v) is 5.43. The first-order chi connectivity index (χ1) is 10.4. The number of hydrogen-bond acceptors (Lipinski definition) is 3. The van der Waals surface area contributed by atoms with Crippen LogP contribution < -0.4 is 10.0 Å². The predicted octanol–water partition coefficient (Wildman–Crippen LogP) is 2.44. The molecule has 0 heterocycles. The van der Waals surface area contributed by atoms with Gasteiger partial charge in [0.1, 0.15) is 0 Å². The Bertz CT molecular complexity index is 603. The highest BCUT2D eigenvalue weighted by molar-refractivity contribution is 7.89. The van der Waals surface area contributed by atoms with Gasteiger partial charge in [-0.05, 0) is 51.0 Å². The lowest BCUT2D eigenvalue weighted by atomic mass is 9.95. The number of carbonyl (C=O) groups is 1. The molecule has 0 spiro atoms. The van der Waals surface area contributed by atoms with Crippen molar-refractivity contribution in [1.82, 2.24) is 10.0 Å². The van der Waals surface area contributed by atoms with E-state index in [9.17, 15) is 13.2 Å². The minimum atomic E-state index is -3.51. The first-order valence-corrected chi connectivity index (χ1v) is 9.30. The van der Waals surface area contributed by atoms with Gasteiger partial charge in [-0.1, -0.05) is 19.3 Å². The Morgan fingerprint density at radius 3 is 2.23 bits per heavy atom. The fourth-order valence-electron chi connectivity index (χ4n) is 2.68. The number of sulfonamides is 1. The van der Waals surface area contributed by atoms with Crippen LogP contribution in [0.15, 0.2) is 29.2 Å². The molecule has 2 N–H and O–H groups in total. The van der Waals surface area contributed by atoms with E-state index in [-0.39, 0.29) is 22.9 Å². The molecule has 1 aliphatic rings. The maximum atomic E-state index is 12.2. The molecule has 6 heteroatoms. The van der Waals surface area contributed by atoms with Gasteiger partial charge in [0.2, 0.25) is 10.0 Å². The van der Waals surface area contributed by atoms with Crippen molar-refractivity contribution in [2.75, 3.05) is 0 Å². The van der Waals surface area contributed by atoms with Crippen LogP contribution >= 0.6 is 0 Å². The second-order valence-corrected chi connectivity index (χ2v) is 7.82. The van der Waals surface area contributed by atoms with Crippen LogP contribution in [0.3, 0.4) is 0 Å². The molecule has 2 rings (SSSR count). The topological polar surface area (TPSA) is 75.3 Å². The van der Waals surface area contributed by atoms with Crippen molar-refractivity contribution in [3.05, 3.63) is 29.8 Å². The van der Waals surface area contributed by atoms with Gasteiger partial charge in [0, 0.05) is 17.6 Å². The normalized spacial score (nSPS) is 16.7. The van der Waals surface area contributed by atoms with E-state index >= 15 is 0 Å². The van der Waals surface area contributed by atoms with Crippen LogP contribution in [0, 0.1) is 0 Å². The van der Waals surface area contributed by atoms with Gasteiger partial charge in [0.05, 0.1) is 4.90 Å². The lowest BCUT2D eigenvalue weighted by Gasteiger charge is -2.22. The summed E-state index contributed by atoms with van der Waals surface area (Å²) in [6, 6.07) is 6.15. The minimum Gasteiger partial charge on any atom is -0.349 e. The Morgan fingerprint density at radius 1 is 1.09 bits per heavy atom. The van der Waals surface area contributed by atoms with Gasteiger partial charge in [-0.3, -0.25) is 4.79 Å². The molecule has 1 fully saturated rings. The van der Waals surface area contributed by atoms with Crippen molar-refractivity contribution in [1.29, 1.82) is 0 Å². The standard InChI is InChI=1S/C16H24N2O3S/c1-12(2)18-22(20,21)15-10-8-13(9-11-15)16(19)17-14-6-4-3-5-7-14/h8-12,14,18H,3-7H2,1-2H3,(H,17,19). The average Bonchev–Trinajstić information content (AvgIpc) is 2.47. The molecule has 1 aliphatic carbocycles. The second-order valence-electron chi connectivity index (χ2n) is 6.11. The Hall–Kier alpha value is -1.40. The Morgan fingerprint density at radius 2 is 1.68 bits per heavy atom. The van der Waals surface area contributed by atoms with Crippen LogP contribution in [0.25, 0.3) is 0 Å². The van der Waals surface area contributed by atoms with Gasteiger partial charge < -0.3 is 5.32 Å². The molecule has 122 valence electrons. The van der Waals surface area contributed by atoms with Gasteiger partial charge in [-0.2, -0.15) is 0 Å². The second kappa shape index (κ2) is 7.24. The minimum absolute atomic E-state index is 0.132. The van der Waals surface area contributed by atoms with Crippen molar-refractivity contribution < 1.29 is 13.2 Å². The van der Waals surface area contributed by atoms with Crippen LogP contribution in [-0.2, 0) is 10.0 Å². The van der Waals surface area contributed by atoms with Crippen molar-refractivity contribution in [2.24, 2.45) is 0 Å². The highest BCUT2D eigenvalue weighted by Crippen LogP contribution is 2.18. The largest absolute Gasteiger partial charge is 0.349 e. The molecule has 1 amide bonds. The zero-order valence-corrected chi connectivity index (χ0v) is 13.9. The summed E-state index contributed by atoms with van der Waals surface area (Å²) in [6.45, 7) is 3.53. The van der Waals surface area contributed by atoms with E-state index in [1.807, 2.05) is 0 Å². The summed E-state index contributed by atoms with van der Waals surface area (Å²) in [4.78, 5) is 12.4. The molecular weight excluding hydrogens is 300 g/mol. The van der Waals surface area contributed by atoms with Gasteiger partial charge in [0.25, 0.3) is 5.91 Å². The number of benzene rings is 1. The summed E-state index contributed by atoms with van der Waals surface area (Å²) in [5.74, 6) is -0.132. The number of rotatable bonds is 5. The molecule has 22 heavy (non-hydrogen) atoms. The van der Waals surface area contributed by atoms with Crippen molar-refractivity contribution in [2.45, 2.75) is 62.9 Å². The molecule has 1 saturated carbocycles. The van der Waals surface area contributed by atoms with E-state index in [4.69, 9.17) is 0 Å². The van der Waals surface area contributed by atoms with E-state index in [0.717, 1.165) is 25.7 Å². The molecule has 0 unspecified atom stereocenters. The first kappa shape index (κ1) is 17.0. The monoisotopic (exact) mass is 324 g/mol. The Balaban J connectivity index is 2.03. The maximum absolute atomic E-state index is 12.2.